The zero-order chi connectivity index (χ0) is 11.8. The van der Waals surface area contributed by atoms with E-state index >= 15 is 0 Å². The third-order valence-electron chi connectivity index (χ3n) is 2.75. The summed E-state index contributed by atoms with van der Waals surface area (Å²) >= 11 is 1.60. The van der Waals surface area contributed by atoms with Gasteiger partial charge in [0.2, 0.25) is 0 Å². The van der Waals surface area contributed by atoms with Gasteiger partial charge in [-0.15, -0.1) is 11.8 Å². The lowest BCUT2D eigenvalue weighted by Crippen LogP contribution is -2.14. The normalized spacial score (nSPS) is 11.9. The maximum absolute atomic E-state index is 10.2. The lowest BCUT2D eigenvalue weighted by molar-refractivity contribution is 0.433. The minimum atomic E-state index is -0.00926. The van der Waals surface area contributed by atoms with Gasteiger partial charge in [0.15, 0.2) is 0 Å². The summed E-state index contributed by atoms with van der Waals surface area (Å²) in [5.74, 6) is 0.457. The van der Waals surface area contributed by atoms with E-state index in [9.17, 15) is 5.11 Å². The second-order valence-corrected chi connectivity index (χ2v) is 5.84. The molecule has 0 aromatic heterocycles. The van der Waals surface area contributed by atoms with Crippen molar-refractivity contribution in [2.75, 3.05) is 6.26 Å². The Balaban J connectivity index is 3.55. The van der Waals surface area contributed by atoms with Crippen LogP contribution in [0.15, 0.2) is 11.0 Å². The van der Waals surface area contributed by atoms with Crippen molar-refractivity contribution < 1.29 is 5.11 Å². The van der Waals surface area contributed by atoms with Crippen LogP contribution in [-0.4, -0.2) is 11.4 Å². The Bertz CT molecular complexity index is 375. The molecule has 0 saturated carbocycles. The van der Waals surface area contributed by atoms with Crippen LogP contribution in [0.3, 0.4) is 0 Å². The van der Waals surface area contributed by atoms with Gasteiger partial charge < -0.3 is 5.11 Å². The number of phenolic OH excluding ortho intramolecular Hbond substituents is 1. The highest BCUT2D eigenvalue weighted by Gasteiger charge is 2.23. The minimum absolute atomic E-state index is 0.00926. The van der Waals surface area contributed by atoms with Gasteiger partial charge in [0.25, 0.3) is 0 Å². The Hall–Kier alpha value is -0.630. The summed E-state index contributed by atoms with van der Waals surface area (Å²) < 4.78 is 0. The summed E-state index contributed by atoms with van der Waals surface area (Å²) in [7, 11) is 0. The number of thioether (sulfide) groups is 1. The van der Waals surface area contributed by atoms with Gasteiger partial charge in [0.1, 0.15) is 5.75 Å². The molecule has 84 valence electrons. The van der Waals surface area contributed by atoms with E-state index in [0.717, 1.165) is 10.5 Å². The van der Waals surface area contributed by atoms with Gasteiger partial charge in [-0.3, -0.25) is 0 Å². The first-order valence-corrected chi connectivity index (χ1v) is 6.39. The van der Waals surface area contributed by atoms with Crippen LogP contribution >= 0.6 is 11.8 Å². The van der Waals surface area contributed by atoms with E-state index in [4.69, 9.17) is 0 Å². The summed E-state index contributed by atoms with van der Waals surface area (Å²) in [6, 6.07) is 2.06. The molecule has 0 spiro atoms. The largest absolute Gasteiger partial charge is 0.506 e. The highest BCUT2D eigenvalue weighted by atomic mass is 32.2. The van der Waals surface area contributed by atoms with Crippen molar-refractivity contribution >= 4 is 11.8 Å². The molecule has 0 fully saturated rings. The van der Waals surface area contributed by atoms with Crippen LogP contribution in [-0.2, 0) is 5.41 Å². The molecule has 0 saturated heterocycles. The molecule has 0 atom stereocenters. The van der Waals surface area contributed by atoms with Crippen LogP contribution in [0.5, 0.6) is 5.75 Å². The Morgan fingerprint density at radius 2 is 1.73 bits per heavy atom. The van der Waals surface area contributed by atoms with Crippen LogP contribution in [0.25, 0.3) is 0 Å². The van der Waals surface area contributed by atoms with Gasteiger partial charge >= 0.3 is 0 Å². The van der Waals surface area contributed by atoms with Gasteiger partial charge in [-0.25, -0.2) is 0 Å². The smallest absolute Gasteiger partial charge is 0.133 e. The Kier molecular flexibility index (Phi) is 3.39. The zero-order valence-electron chi connectivity index (χ0n) is 10.4. The molecule has 15 heavy (non-hydrogen) atoms. The predicted molar refractivity (Wildman–Crippen MR) is 68.1 cm³/mol. The summed E-state index contributed by atoms with van der Waals surface area (Å²) in [6.45, 7) is 10.6. The molecule has 1 rings (SSSR count). The average molecular weight is 224 g/mol. The molecule has 0 bridgehead atoms. The van der Waals surface area contributed by atoms with Crippen LogP contribution in [0.2, 0.25) is 0 Å². The standard InChI is InChI=1S/C13H20OS/c1-8-7-10(15-6)12(14)11(9(8)2)13(3,4)5/h7,14H,1-6H3. The molecule has 0 amide bonds. The van der Waals surface area contributed by atoms with E-state index in [-0.39, 0.29) is 5.41 Å². The van der Waals surface area contributed by atoms with Gasteiger partial charge in [-0.2, -0.15) is 0 Å². The predicted octanol–water partition coefficient (Wildman–Crippen LogP) is 4.03. The van der Waals surface area contributed by atoms with Crippen molar-refractivity contribution in [3.8, 4) is 5.75 Å². The van der Waals surface area contributed by atoms with Crippen LogP contribution in [0.4, 0.5) is 0 Å². The topological polar surface area (TPSA) is 20.2 Å². The molecule has 2 heteroatoms. The van der Waals surface area contributed by atoms with E-state index in [2.05, 4.69) is 40.7 Å². The highest BCUT2D eigenvalue weighted by molar-refractivity contribution is 7.98. The number of rotatable bonds is 1. The number of hydrogen-bond donors (Lipinski definition) is 1. The fourth-order valence-electron chi connectivity index (χ4n) is 1.94. The third-order valence-corrected chi connectivity index (χ3v) is 3.51. The highest BCUT2D eigenvalue weighted by Crippen LogP contribution is 2.40. The molecular formula is C13H20OS. The number of phenols is 1. The van der Waals surface area contributed by atoms with Gasteiger partial charge in [0.05, 0.1) is 0 Å². The number of benzene rings is 1. The van der Waals surface area contributed by atoms with Crippen molar-refractivity contribution in [3.63, 3.8) is 0 Å². The Labute approximate surface area is 96.9 Å². The quantitative estimate of drug-likeness (QED) is 0.727. The van der Waals surface area contributed by atoms with Gasteiger partial charge in [-0.1, -0.05) is 20.8 Å². The first kappa shape index (κ1) is 12.4. The second kappa shape index (κ2) is 4.09. The maximum atomic E-state index is 10.2. The first-order valence-electron chi connectivity index (χ1n) is 5.16. The van der Waals surface area contributed by atoms with E-state index in [1.54, 1.807) is 11.8 Å². The molecule has 0 aliphatic carbocycles. The van der Waals surface area contributed by atoms with E-state index < -0.39 is 0 Å². The Morgan fingerprint density at radius 3 is 2.13 bits per heavy atom. The first-order chi connectivity index (χ1) is 6.79. The van der Waals surface area contributed by atoms with Crippen molar-refractivity contribution in [2.24, 2.45) is 0 Å². The molecule has 0 aliphatic heterocycles. The second-order valence-electron chi connectivity index (χ2n) is 4.99. The van der Waals surface area contributed by atoms with E-state index in [1.807, 2.05) is 6.26 Å². The molecule has 0 radical (unpaired) electrons. The lowest BCUT2D eigenvalue weighted by atomic mass is 9.82. The molecule has 1 aromatic carbocycles. The molecule has 1 nitrogen and oxygen atoms in total. The van der Waals surface area contributed by atoms with Crippen molar-refractivity contribution in [1.82, 2.24) is 0 Å². The van der Waals surface area contributed by atoms with Crippen LogP contribution in [0, 0.1) is 13.8 Å². The van der Waals surface area contributed by atoms with Gasteiger partial charge in [-0.05, 0) is 42.7 Å². The molecule has 1 N–H and O–H groups in total. The summed E-state index contributed by atoms with van der Waals surface area (Å²) in [4.78, 5) is 0.975. The Morgan fingerprint density at radius 1 is 1.20 bits per heavy atom. The van der Waals surface area contributed by atoms with Crippen molar-refractivity contribution in [1.29, 1.82) is 0 Å². The van der Waals surface area contributed by atoms with Crippen LogP contribution in [0.1, 0.15) is 37.5 Å². The molecular weight excluding hydrogens is 204 g/mol. The zero-order valence-corrected chi connectivity index (χ0v) is 11.2. The van der Waals surface area contributed by atoms with Crippen LogP contribution < -0.4 is 0 Å². The average Bonchev–Trinajstić information content (AvgIpc) is 2.09. The van der Waals surface area contributed by atoms with Crippen molar-refractivity contribution in [3.05, 3.63) is 22.8 Å². The molecule has 0 unspecified atom stereocenters. The van der Waals surface area contributed by atoms with E-state index in [0.29, 0.717) is 5.75 Å². The number of aromatic hydroxyl groups is 1. The summed E-state index contributed by atoms with van der Waals surface area (Å²) in [5.41, 5.74) is 3.52. The van der Waals surface area contributed by atoms with Gasteiger partial charge in [0, 0.05) is 10.5 Å². The third kappa shape index (κ3) is 2.31. The van der Waals surface area contributed by atoms with E-state index in [1.165, 1.54) is 11.1 Å². The number of aryl methyl sites for hydroxylation is 1. The fourth-order valence-corrected chi connectivity index (χ4v) is 2.53. The molecule has 1 aromatic rings. The molecule has 0 aliphatic rings. The molecule has 0 heterocycles. The SMILES string of the molecule is CSc1cc(C)c(C)c(C(C)(C)C)c1O. The minimum Gasteiger partial charge on any atom is -0.506 e. The summed E-state index contributed by atoms with van der Waals surface area (Å²) in [5, 5.41) is 10.2. The lowest BCUT2D eigenvalue weighted by Gasteiger charge is -2.25. The maximum Gasteiger partial charge on any atom is 0.133 e. The van der Waals surface area contributed by atoms with Crippen molar-refractivity contribution in [2.45, 2.75) is 44.9 Å². The monoisotopic (exact) mass is 224 g/mol. The summed E-state index contributed by atoms with van der Waals surface area (Å²) in [6.07, 6.45) is 2.00. The fraction of sp³-hybridized carbons (Fsp3) is 0.538. The number of hydrogen-bond acceptors (Lipinski definition) is 2.